The predicted molar refractivity (Wildman–Crippen MR) is 41.7 cm³/mol. The molecule has 56 valence electrons. The Morgan fingerprint density at radius 2 is 2.36 bits per heavy atom. The number of hydrogen-bond donors (Lipinski definition) is 0. The Morgan fingerprint density at radius 1 is 1.55 bits per heavy atom. The number of carbonyl (C=O) groups excluding carboxylic acids is 1. The Kier molecular flexibility index (Phi) is 2.62. The summed E-state index contributed by atoms with van der Waals surface area (Å²) < 4.78 is 0. The van der Waals surface area contributed by atoms with Gasteiger partial charge in [-0.25, -0.2) is 0 Å². The highest BCUT2D eigenvalue weighted by Gasteiger charge is 2.06. The summed E-state index contributed by atoms with van der Waals surface area (Å²) >= 11 is 0. The third kappa shape index (κ3) is 2.38. The van der Waals surface area contributed by atoms with E-state index >= 15 is 0 Å². The molecule has 0 aromatic carbocycles. The van der Waals surface area contributed by atoms with Gasteiger partial charge in [0.1, 0.15) is 0 Å². The van der Waals surface area contributed by atoms with Crippen LogP contribution in [0.3, 0.4) is 0 Å². The highest BCUT2D eigenvalue weighted by atomic mass is 16.1. The maximum absolute atomic E-state index is 10.8. The Hall–Kier alpha value is -1.36. The molecule has 0 aromatic heterocycles. The second-order valence-electron chi connectivity index (χ2n) is 2.50. The molecule has 1 aliphatic carbocycles. The largest absolute Gasteiger partial charge is 0.295 e. The molecule has 0 saturated carbocycles. The molecule has 1 aliphatic rings. The van der Waals surface area contributed by atoms with Gasteiger partial charge in [0, 0.05) is 12.5 Å². The average molecular weight is 147 g/mol. The van der Waals surface area contributed by atoms with Gasteiger partial charge in [-0.3, -0.25) is 4.79 Å². The number of nitriles is 1. The summed E-state index contributed by atoms with van der Waals surface area (Å²) in [4.78, 5) is 10.8. The van der Waals surface area contributed by atoms with Crippen molar-refractivity contribution in [1.82, 2.24) is 0 Å². The van der Waals surface area contributed by atoms with Crippen LogP contribution in [0.1, 0.15) is 19.3 Å². The molecule has 0 heterocycles. The highest BCUT2D eigenvalue weighted by Crippen LogP contribution is 2.15. The van der Waals surface area contributed by atoms with E-state index in [1.165, 1.54) is 6.08 Å². The Morgan fingerprint density at radius 3 is 3.00 bits per heavy atom. The summed E-state index contributed by atoms with van der Waals surface area (Å²) in [5, 5.41) is 8.21. The summed E-state index contributed by atoms with van der Waals surface area (Å²) in [5.74, 6) is 0.175. The van der Waals surface area contributed by atoms with E-state index in [1.807, 2.05) is 6.07 Å². The summed E-state index contributed by atoms with van der Waals surface area (Å²) in [6, 6.07) is 1.90. The first kappa shape index (κ1) is 7.74. The number of nitrogens with zero attached hydrogens (tertiary/aromatic N) is 1. The van der Waals surface area contributed by atoms with Gasteiger partial charge in [-0.1, -0.05) is 0 Å². The van der Waals surface area contributed by atoms with E-state index in [4.69, 9.17) is 5.26 Å². The zero-order chi connectivity index (χ0) is 8.10. The van der Waals surface area contributed by atoms with Gasteiger partial charge in [0.15, 0.2) is 5.78 Å². The summed E-state index contributed by atoms with van der Waals surface area (Å²) in [6.07, 6.45) is 7.23. The van der Waals surface area contributed by atoms with E-state index in [0.717, 1.165) is 18.4 Å². The van der Waals surface area contributed by atoms with Crippen molar-refractivity contribution in [2.75, 3.05) is 0 Å². The van der Waals surface area contributed by atoms with E-state index in [-0.39, 0.29) is 5.78 Å². The molecule has 0 atom stereocenters. The SMILES string of the molecule is N#C/C=C/C1=CC(=O)CCC1. The van der Waals surface area contributed by atoms with Gasteiger partial charge in [0.25, 0.3) is 0 Å². The lowest BCUT2D eigenvalue weighted by Crippen LogP contribution is -2.00. The van der Waals surface area contributed by atoms with Crippen LogP contribution in [-0.2, 0) is 4.79 Å². The minimum absolute atomic E-state index is 0.175. The van der Waals surface area contributed by atoms with E-state index in [1.54, 1.807) is 12.2 Å². The average Bonchev–Trinajstić information content (AvgIpc) is 2.01. The van der Waals surface area contributed by atoms with Crippen molar-refractivity contribution in [2.24, 2.45) is 0 Å². The smallest absolute Gasteiger partial charge is 0.155 e. The fourth-order valence-corrected chi connectivity index (χ4v) is 1.09. The van der Waals surface area contributed by atoms with Crippen LogP contribution in [0.4, 0.5) is 0 Å². The molecule has 0 amide bonds. The topological polar surface area (TPSA) is 40.9 Å². The lowest BCUT2D eigenvalue weighted by molar-refractivity contribution is -0.115. The molecule has 1 rings (SSSR count). The third-order valence-electron chi connectivity index (χ3n) is 1.61. The number of ketones is 1. The minimum atomic E-state index is 0.175. The molecule has 0 aromatic rings. The quantitative estimate of drug-likeness (QED) is 0.530. The molecule has 11 heavy (non-hydrogen) atoms. The summed E-state index contributed by atoms with van der Waals surface area (Å²) in [7, 11) is 0. The Bertz CT molecular complexity index is 255. The van der Waals surface area contributed by atoms with Crippen molar-refractivity contribution >= 4 is 5.78 Å². The molecular weight excluding hydrogens is 138 g/mol. The fourth-order valence-electron chi connectivity index (χ4n) is 1.09. The van der Waals surface area contributed by atoms with E-state index in [2.05, 4.69) is 0 Å². The van der Waals surface area contributed by atoms with Crippen LogP contribution in [-0.4, -0.2) is 5.78 Å². The first-order valence-electron chi connectivity index (χ1n) is 3.62. The van der Waals surface area contributed by atoms with Crippen molar-refractivity contribution < 1.29 is 4.79 Å². The maximum Gasteiger partial charge on any atom is 0.155 e. The zero-order valence-corrected chi connectivity index (χ0v) is 6.21. The monoisotopic (exact) mass is 147 g/mol. The standard InChI is InChI=1S/C9H9NO/c10-6-2-4-8-3-1-5-9(11)7-8/h2,4,7H,1,3,5H2/b4-2+. The normalized spacial score (nSPS) is 18.1. The van der Waals surface area contributed by atoms with Crippen LogP contribution in [0.25, 0.3) is 0 Å². The molecule has 0 aliphatic heterocycles. The van der Waals surface area contributed by atoms with Crippen molar-refractivity contribution in [3.63, 3.8) is 0 Å². The van der Waals surface area contributed by atoms with Crippen LogP contribution in [0.2, 0.25) is 0 Å². The van der Waals surface area contributed by atoms with Gasteiger partial charge in [-0.2, -0.15) is 5.26 Å². The van der Waals surface area contributed by atoms with Gasteiger partial charge in [-0.05, 0) is 30.6 Å². The molecule has 0 fully saturated rings. The van der Waals surface area contributed by atoms with Gasteiger partial charge in [0.2, 0.25) is 0 Å². The molecule has 0 radical (unpaired) electrons. The summed E-state index contributed by atoms with van der Waals surface area (Å²) in [5.41, 5.74) is 0.975. The third-order valence-corrected chi connectivity index (χ3v) is 1.61. The second-order valence-corrected chi connectivity index (χ2v) is 2.50. The van der Waals surface area contributed by atoms with Crippen LogP contribution in [0.15, 0.2) is 23.8 Å². The molecule has 2 nitrogen and oxygen atoms in total. The van der Waals surface area contributed by atoms with Crippen LogP contribution in [0.5, 0.6) is 0 Å². The van der Waals surface area contributed by atoms with E-state index in [9.17, 15) is 4.79 Å². The number of rotatable bonds is 1. The predicted octanol–water partition coefficient (Wildman–Crippen LogP) is 1.75. The van der Waals surface area contributed by atoms with Crippen LogP contribution < -0.4 is 0 Å². The first-order valence-corrected chi connectivity index (χ1v) is 3.62. The fraction of sp³-hybridized carbons (Fsp3) is 0.333. The zero-order valence-electron chi connectivity index (χ0n) is 6.21. The van der Waals surface area contributed by atoms with Crippen molar-refractivity contribution in [3.8, 4) is 6.07 Å². The first-order chi connectivity index (χ1) is 5.33. The van der Waals surface area contributed by atoms with Crippen molar-refractivity contribution in [1.29, 1.82) is 5.26 Å². The lowest BCUT2D eigenvalue weighted by Gasteiger charge is -2.06. The molecule has 0 saturated heterocycles. The second kappa shape index (κ2) is 3.72. The molecule has 2 heteroatoms. The van der Waals surface area contributed by atoms with E-state index < -0.39 is 0 Å². The Labute approximate surface area is 65.8 Å². The molecule has 0 bridgehead atoms. The number of allylic oxidation sites excluding steroid dienone is 4. The van der Waals surface area contributed by atoms with Gasteiger partial charge in [-0.15, -0.1) is 0 Å². The van der Waals surface area contributed by atoms with Crippen LogP contribution in [0, 0.1) is 11.3 Å². The number of hydrogen-bond acceptors (Lipinski definition) is 2. The lowest BCUT2D eigenvalue weighted by atomic mass is 9.98. The maximum atomic E-state index is 10.8. The van der Waals surface area contributed by atoms with Gasteiger partial charge in [0.05, 0.1) is 6.07 Å². The van der Waals surface area contributed by atoms with Gasteiger partial charge < -0.3 is 0 Å². The minimum Gasteiger partial charge on any atom is -0.295 e. The van der Waals surface area contributed by atoms with E-state index in [0.29, 0.717) is 6.42 Å². The number of carbonyl (C=O) groups is 1. The molecule has 0 unspecified atom stereocenters. The molecular formula is C9H9NO. The van der Waals surface area contributed by atoms with Crippen LogP contribution >= 0.6 is 0 Å². The van der Waals surface area contributed by atoms with Crippen molar-refractivity contribution in [2.45, 2.75) is 19.3 Å². The van der Waals surface area contributed by atoms with Crippen molar-refractivity contribution in [3.05, 3.63) is 23.8 Å². The Balaban J connectivity index is 2.65. The van der Waals surface area contributed by atoms with Gasteiger partial charge >= 0.3 is 0 Å². The highest BCUT2D eigenvalue weighted by molar-refractivity contribution is 5.91. The molecule has 0 N–H and O–H groups in total. The molecule has 0 spiro atoms. The summed E-state index contributed by atoms with van der Waals surface area (Å²) in [6.45, 7) is 0.